The Balaban J connectivity index is 1.62. The normalized spacial score (nSPS) is 28.9. The van der Waals surface area contributed by atoms with Crippen LogP contribution >= 0.6 is 0 Å². The van der Waals surface area contributed by atoms with Crippen LogP contribution in [0.25, 0.3) is 0 Å². The van der Waals surface area contributed by atoms with E-state index in [0.717, 1.165) is 32.5 Å². The van der Waals surface area contributed by atoms with Gasteiger partial charge in [-0.2, -0.15) is 0 Å². The summed E-state index contributed by atoms with van der Waals surface area (Å²) in [4.78, 5) is 2.46. The van der Waals surface area contributed by atoms with E-state index in [9.17, 15) is 5.11 Å². The number of piperidine rings is 1. The second-order valence-corrected chi connectivity index (χ2v) is 6.50. The van der Waals surface area contributed by atoms with Gasteiger partial charge >= 0.3 is 0 Å². The van der Waals surface area contributed by atoms with Gasteiger partial charge in [-0.3, -0.25) is 10.2 Å². The third-order valence-corrected chi connectivity index (χ3v) is 4.87. The van der Waals surface area contributed by atoms with Crippen LogP contribution < -0.4 is 5.32 Å². The average Bonchev–Trinajstić information content (AvgIpc) is 2.63. The summed E-state index contributed by atoms with van der Waals surface area (Å²) < 4.78 is 5.82. The van der Waals surface area contributed by atoms with Gasteiger partial charge in [0, 0.05) is 25.2 Å². The van der Waals surface area contributed by atoms with E-state index in [1.165, 1.54) is 5.56 Å². The maximum Gasteiger partial charge on any atom is 0.214 e. The van der Waals surface area contributed by atoms with Crippen LogP contribution in [0.2, 0.25) is 0 Å². The molecule has 4 nitrogen and oxygen atoms in total. The Morgan fingerprint density at radius 2 is 1.90 bits per heavy atom. The van der Waals surface area contributed by atoms with Crippen LogP contribution in [0.1, 0.15) is 32.3 Å². The van der Waals surface area contributed by atoms with E-state index in [-0.39, 0.29) is 11.1 Å². The molecule has 2 heterocycles. The molecule has 1 unspecified atom stereocenters. The Kier molecular flexibility index (Phi) is 3.58. The van der Waals surface area contributed by atoms with E-state index < -0.39 is 6.41 Å². The molecule has 20 heavy (non-hydrogen) atoms. The fourth-order valence-electron chi connectivity index (χ4n) is 3.49. The molecule has 110 valence electrons. The molecule has 3 rings (SSSR count). The molecule has 4 heteroatoms. The van der Waals surface area contributed by atoms with Gasteiger partial charge in [0.15, 0.2) is 0 Å². The Labute approximate surface area is 120 Å². The van der Waals surface area contributed by atoms with Gasteiger partial charge in [0.2, 0.25) is 6.41 Å². The zero-order valence-electron chi connectivity index (χ0n) is 12.3. The minimum atomic E-state index is -0.828. The number of aliphatic hydroxyl groups is 1. The maximum absolute atomic E-state index is 9.74. The third-order valence-electron chi connectivity index (χ3n) is 4.87. The molecule has 2 N–H and O–H groups in total. The number of aliphatic hydroxyl groups excluding tert-OH is 1. The second-order valence-electron chi connectivity index (χ2n) is 6.50. The standard InChI is InChI=1S/C16H24N2O2/c1-15(2)16(20-14(19)17-15)8-10-18(11-9-16)12-13-6-4-3-5-7-13/h3-7,14,17,19H,8-12H2,1-2H3. The first-order chi connectivity index (χ1) is 9.51. The van der Waals surface area contributed by atoms with Crippen molar-refractivity contribution in [3.63, 3.8) is 0 Å². The smallest absolute Gasteiger partial charge is 0.214 e. The van der Waals surface area contributed by atoms with Gasteiger partial charge in [0.1, 0.15) is 0 Å². The van der Waals surface area contributed by atoms with Crippen molar-refractivity contribution in [2.75, 3.05) is 13.1 Å². The fraction of sp³-hybridized carbons (Fsp3) is 0.625. The molecule has 0 aromatic heterocycles. The largest absolute Gasteiger partial charge is 0.356 e. The molecule has 0 radical (unpaired) electrons. The van der Waals surface area contributed by atoms with Crippen molar-refractivity contribution in [3.8, 4) is 0 Å². The Morgan fingerprint density at radius 1 is 1.25 bits per heavy atom. The zero-order valence-corrected chi connectivity index (χ0v) is 12.3. The molecule has 2 aliphatic heterocycles. The third kappa shape index (κ3) is 2.49. The highest BCUT2D eigenvalue weighted by molar-refractivity contribution is 5.15. The van der Waals surface area contributed by atoms with Crippen molar-refractivity contribution in [1.29, 1.82) is 0 Å². The summed E-state index contributed by atoms with van der Waals surface area (Å²) in [6.07, 6.45) is 1.08. The average molecular weight is 276 g/mol. The van der Waals surface area contributed by atoms with E-state index in [1.54, 1.807) is 0 Å². The molecule has 0 saturated carbocycles. The number of likely N-dealkylation sites (tertiary alicyclic amines) is 1. The van der Waals surface area contributed by atoms with Crippen molar-refractivity contribution in [2.24, 2.45) is 0 Å². The Hall–Kier alpha value is -0.940. The van der Waals surface area contributed by atoms with Crippen LogP contribution in [0.3, 0.4) is 0 Å². The van der Waals surface area contributed by atoms with Gasteiger partial charge in [0.25, 0.3) is 0 Å². The predicted octanol–water partition coefficient (Wildman–Crippen LogP) is 1.70. The van der Waals surface area contributed by atoms with Crippen LogP contribution in [-0.2, 0) is 11.3 Å². The first-order valence-corrected chi connectivity index (χ1v) is 7.41. The molecule has 0 amide bonds. The highest BCUT2D eigenvalue weighted by Crippen LogP contribution is 2.41. The molecule has 1 spiro atoms. The van der Waals surface area contributed by atoms with Crippen LogP contribution in [0.15, 0.2) is 30.3 Å². The Morgan fingerprint density at radius 3 is 2.45 bits per heavy atom. The van der Waals surface area contributed by atoms with Crippen LogP contribution in [-0.4, -0.2) is 40.6 Å². The highest BCUT2D eigenvalue weighted by atomic mass is 16.6. The number of ether oxygens (including phenoxy) is 1. The summed E-state index contributed by atoms with van der Waals surface area (Å²) in [6.45, 7) is 7.25. The molecule has 1 aromatic rings. The molecule has 2 fully saturated rings. The topological polar surface area (TPSA) is 44.7 Å². The summed E-state index contributed by atoms with van der Waals surface area (Å²) in [6, 6.07) is 10.6. The number of nitrogens with zero attached hydrogens (tertiary/aromatic N) is 1. The number of nitrogens with one attached hydrogen (secondary N) is 1. The number of rotatable bonds is 2. The Bertz CT molecular complexity index is 453. The predicted molar refractivity (Wildman–Crippen MR) is 78.0 cm³/mol. The van der Waals surface area contributed by atoms with Crippen molar-refractivity contribution in [1.82, 2.24) is 10.2 Å². The summed E-state index contributed by atoms with van der Waals surface area (Å²) in [7, 11) is 0. The summed E-state index contributed by atoms with van der Waals surface area (Å²) in [5.41, 5.74) is 0.943. The van der Waals surface area contributed by atoms with Crippen molar-refractivity contribution in [2.45, 2.75) is 50.8 Å². The molecule has 0 bridgehead atoms. The fourth-order valence-corrected chi connectivity index (χ4v) is 3.49. The lowest BCUT2D eigenvalue weighted by Crippen LogP contribution is -2.57. The molecule has 0 aliphatic carbocycles. The van der Waals surface area contributed by atoms with Crippen molar-refractivity contribution < 1.29 is 9.84 Å². The molecular weight excluding hydrogens is 252 g/mol. The van der Waals surface area contributed by atoms with Gasteiger partial charge < -0.3 is 9.84 Å². The van der Waals surface area contributed by atoms with Gasteiger partial charge in [-0.1, -0.05) is 30.3 Å². The molecule has 2 aliphatic rings. The van der Waals surface area contributed by atoms with E-state index >= 15 is 0 Å². The summed E-state index contributed by atoms with van der Waals surface area (Å²) in [5.74, 6) is 0. The molecule has 1 aromatic carbocycles. The minimum absolute atomic E-state index is 0.175. The first-order valence-electron chi connectivity index (χ1n) is 7.41. The maximum atomic E-state index is 9.74. The number of benzene rings is 1. The first kappa shape index (κ1) is 14.0. The van der Waals surface area contributed by atoms with E-state index in [2.05, 4.69) is 54.4 Å². The van der Waals surface area contributed by atoms with Crippen molar-refractivity contribution in [3.05, 3.63) is 35.9 Å². The zero-order chi connectivity index (χ0) is 14.2. The van der Waals surface area contributed by atoms with E-state index in [4.69, 9.17) is 4.74 Å². The number of hydrogen-bond acceptors (Lipinski definition) is 4. The summed E-state index contributed by atoms with van der Waals surface area (Å²) in [5, 5.41) is 12.9. The van der Waals surface area contributed by atoms with Gasteiger partial charge in [-0.15, -0.1) is 0 Å². The highest BCUT2D eigenvalue weighted by Gasteiger charge is 2.54. The minimum Gasteiger partial charge on any atom is -0.356 e. The van der Waals surface area contributed by atoms with Gasteiger partial charge in [0.05, 0.1) is 5.60 Å². The van der Waals surface area contributed by atoms with Crippen LogP contribution in [0, 0.1) is 0 Å². The van der Waals surface area contributed by atoms with E-state index in [0.29, 0.717) is 0 Å². The van der Waals surface area contributed by atoms with Crippen molar-refractivity contribution >= 4 is 0 Å². The monoisotopic (exact) mass is 276 g/mol. The summed E-state index contributed by atoms with van der Waals surface area (Å²) >= 11 is 0. The lowest BCUT2D eigenvalue weighted by Gasteiger charge is -2.45. The lowest BCUT2D eigenvalue weighted by atomic mass is 9.76. The SMILES string of the molecule is CC1(C)NC(O)OC12CCN(Cc1ccccc1)CC2. The second kappa shape index (κ2) is 5.11. The quantitative estimate of drug-likeness (QED) is 0.863. The van der Waals surface area contributed by atoms with Gasteiger partial charge in [-0.25, -0.2) is 0 Å². The van der Waals surface area contributed by atoms with Crippen LogP contribution in [0.5, 0.6) is 0 Å². The molecule has 1 atom stereocenters. The number of hydrogen-bond donors (Lipinski definition) is 2. The molecular formula is C16H24N2O2. The lowest BCUT2D eigenvalue weighted by molar-refractivity contribution is -0.165. The van der Waals surface area contributed by atoms with E-state index in [1.807, 2.05) is 0 Å². The molecule has 2 saturated heterocycles. The van der Waals surface area contributed by atoms with Gasteiger partial charge in [-0.05, 0) is 32.3 Å². The van der Waals surface area contributed by atoms with Crippen LogP contribution in [0.4, 0.5) is 0 Å².